The van der Waals surface area contributed by atoms with Crippen molar-refractivity contribution in [1.82, 2.24) is 9.69 Å². The van der Waals surface area contributed by atoms with E-state index in [0.717, 1.165) is 11.5 Å². The van der Waals surface area contributed by atoms with E-state index in [-0.39, 0.29) is 17.3 Å². The van der Waals surface area contributed by atoms with Crippen LogP contribution in [0.25, 0.3) is 0 Å². The van der Waals surface area contributed by atoms with Gasteiger partial charge in [-0.05, 0) is 18.5 Å². The SMILES string of the molecule is CNC(=O)C(C)Nc1snc(N)c1C#N. The van der Waals surface area contributed by atoms with Crippen LogP contribution in [0, 0.1) is 11.3 Å². The van der Waals surface area contributed by atoms with E-state index in [1.807, 2.05) is 6.07 Å². The van der Waals surface area contributed by atoms with E-state index in [4.69, 9.17) is 11.0 Å². The van der Waals surface area contributed by atoms with Gasteiger partial charge >= 0.3 is 0 Å². The molecule has 0 fully saturated rings. The van der Waals surface area contributed by atoms with Gasteiger partial charge in [0.1, 0.15) is 22.7 Å². The molecule has 0 bridgehead atoms. The fourth-order valence-electron chi connectivity index (χ4n) is 0.988. The summed E-state index contributed by atoms with van der Waals surface area (Å²) in [4.78, 5) is 11.2. The quantitative estimate of drug-likeness (QED) is 0.679. The average molecular weight is 225 g/mol. The van der Waals surface area contributed by atoms with E-state index in [0.29, 0.717) is 5.00 Å². The average Bonchev–Trinajstić information content (AvgIpc) is 2.57. The molecule has 4 N–H and O–H groups in total. The molecule has 0 saturated carbocycles. The van der Waals surface area contributed by atoms with Gasteiger partial charge in [0.15, 0.2) is 5.82 Å². The van der Waals surface area contributed by atoms with E-state index in [2.05, 4.69) is 15.0 Å². The second-order valence-corrected chi connectivity index (χ2v) is 3.64. The fraction of sp³-hybridized carbons (Fsp3) is 0.375. The molecule has 1 aromatic heterocycles. The second kappa shape index (κ2) is 4.61. The molecule has 7 heteroatoms. The van der Waals surface area contributed by atoms with Crippen LogP contribution in [0.4, 0.5) is 10.8 Å². The number of nitrogen functional groups attached to an aromatic ring is 1. The van der Waals surface area contributed by atoms with Crippen molar-refractivity contribution in [2.75, 3.05) is 18.1 Å². The Morgan fingerprint density at radius 2 is 2.40 bits per heavy atom. The Bertz CT molecular complexity index is 408. The molecule has 1 amide bonds. The zero-order chi connectivity index (χ0) is 11.4. The zero-order valence-corrected chi connectivity index (χ0v) is 9.18. The summed E-state index contributed by atoms with van der Waals surface area (Å²) in [5, 5.41) is 14.7. The zero-order valence-electron chi connectivity index (χ0n) is 8.37. The van der Waals surface area contributed by atoms with Crippen LogP contribution < -0.4 is 16.4 Å². The minimum absolute atomic E-state index is 0.161. The highest BCUT2D eigenvalue weighted by Crippen LogP contribution is 2.26. The summed E-state index contributed by atoms with van der Waals surface area (Å²) < 4.78 is 3.83. The standard InChI is InChI=1S/C8H11N5OS/c1-4(7(14)11-2)12-8-5(3-9)6(10)13-15-8/h4,12H,1-2H3,(H2,10,13)(H,11,14). The summed E-state index contributed by atoms with van der Waals surface area (Å²) in [7, 11) is 1.55. The van der Waals surface area contributed by atoms with Crippen LogP contribution in [0.15, 0.2) is 0 Å². The van der Waals surface area contributed by atoms with Gasteiger partial charge in [0.25, 0.3) is 0 Å². The number of nitriles is 1. The molecule has 0 aliphatic carbocycles. The third-order valence-corrected chi connectivity index (χ3v) is 2.61. The Hall–Kier alpha value is -1.81. The molecule has 15 heavy (non-hydrogen) atoms. The van der Waals surface area contributed by atoms with Crippen molar-refractivity contribution >= 4 is 28.3 Å². The first-order valence-electron chi connectivity index (χ1n) is 4.23. The minimum Gasteiger partial charge on any atom is -0.382 e. The normalized spacial score (nSPS) is 11.5. The van der Waals surface area contributed by atoms with Crippen molar-refractivity contribution in [3.05, 3.63) is 5.56 Å². The molecule has 1 aromatic rings. The molecule has 1 atom stereocenters. The molecule has 0 saturated heterocycles. The van der Waals surface area contributed by atoms with Gasteiger partial charge in [-0.1, -0.05) is 0 Å². The first-order chi connectivity index (χ1) is 7.10. The highest BCUT2D eigenvalue weighted by molar-refractivity contribution is 7.10. The summed E-state index contributed by atoms with van der Waals surface area (Å²) in [6, 6.07) is 1.51. The number of nitrogens with zero attached hydrogens (tertiary/aromatic N) is 2. The lowest BCUT2D eigenvalue weighted by Gasteiger charge is -2.11. The van der Waals surface area contributed by atoms with Gasteiger partial charge < -0.3 is 16.4 Å². The van der Waals surface area contributed by atoms with Gasteiger partial charge in [-0.15, -0.1) is 0 Å². The number of carbonyl (C=O) groups excluding carboxylic acids is 1. The highest BCUT2D eigenvalue weighted by atomic mass is 32.1. The molecule has 1 heterocycles. The lowest BCUT2D eigenvalue weighted by atomic mass is 10.3. The molecule has 6 nitrogen and oxygen atoms in total. The molecule has 0 aromatic carbocycles. The first kappa shape index (κ1) is 11.3. The van der Waals surface area contributed by atoms with Crippen LogP contribution >= 0.6 is 11.5 Å². The third-order valence-electron chi connectivity index (χ3n) is 1.82. The van der Waals surface area contributed by atoms with Gasteiger partial charge in [0.05, 0.1) is 0 Å². The largest absolute Gasteiger partial charge is 0.382 e. The van der Waals surface area contributed by atoms with Crippen molar-refractivity contribution in [2.24, 2.45) is 0 Å². The van der Waals surface area contributed by atoms with Crippen molar-refractivity contribution in [2.45, 2.75) is 13.0 Å². The van der Waals surface area contributed by atoms with E-state index in [1.54, 1.807) is 14.0 Å². The Kier molecular flexibility index (Phi) is 3.46. The van der Waals surface area contributed by atoms with Crippen molar-refractivity contribution in [3.63, 3.8) is 0 Å². The highest BCUT2D eigenvalue weighted by Gasteiger charge is 2.16. The number of hydrogen-bond acceptors (Lipinski definition) is 6. The number of nitrogens with two attached hydrogens (primary N) is 1. The number of carbonyl (C=O) groups is 1. The number of likely N-dealkylation sites (N-methyl/N-ethyl adjacent to an activating group) is 1. The predicted octanol–water partition coefficient (Wildman–Crippen LogP) is 0.143. The van der Waals surface area contributed by atoms with Crippen molar-refractivity contribution in [1.29, 1.82) is 5.26 Å². The Balaban J connectivity index is 2.82. The molecule has 0 aliphatic rings. The Labute approximate surface area is 91.3 Å². The van der Waals surface area contributed by atoms with Crippen LogP contribution in [0.5, 0.6) is 0 Å². The number of hydrogen-bond donors (Lipinski definition) is 3. The van der Waals surface area contributed by atoms with Crippen LogP contribution in [-0.2, 0) is 4.79 Å². The summed E-state index contributed by atoms with van der Waals surface area (Å²) in [5.74, 6) is 0.0277. The molecule has 0 spiro atoms. The Morgan fingerprint density at radius 1 is 1.73 bits per heavy atom. The van der Waals surface area contributed by atoms with Crippen LogP contribution in [0.2, 0.25) is 0 Å². The smallest absolute Gasteiger partial charge is 0.241 e. The molecular formula is C8H11N5OS. The van der Waals surface area contributed by atoms with Gasteiger partial charge in [-0.2, -0.15) is 9.64 Å². The van der Waals surface area contributed by atoms with E-state index < -0.39 is 6.04 Å². The number of nitrogens with one attached hydrogen (secondary N) is 2. The lowest BCUT2D eigenvalue weighted by molar-refractivity contribution is -0.121. The fourth-order valence-corrected chi connectivity index (χ4v) is 1.74. The van der Waals surface area contributed by atoms with Gasteiger partial charge in [0.2, 0.25) is 5.91 Å². The third kappa shape index (κ3) is 2.35. The molecule has 0 aliphatic heterocycles. The maximum atomic E-state index is 11.2. The van der Waals surface area contributed by atoms with Gasteiger partial charge in [-0.3, -0.25) is 4.79 Å². The molecule has 0 radical (unpaired) electrons. The summed E-state index contributed by atoms with van der Waals surface area (Å²) in [5.41, 5.74) is 5.76. The monoisotopic (exact) mass is 225 g/mol. The summed E-state index contributed by atoms with van der Waals surface area (Å²) in [6.45, 7) is 1.69. The molecule has 80 valence electrons. The van der Waals surface area contributed by atoms with Gasteiger partial charge in [-0.25, -0.2) is 0 Å². The predicted molar refractivity (Wildman–Crippen MR) is 58.4 cm³/mol. The van der Waals surface area contributed by atoms with Crippen molar-refractivity contribution < 1.29 is 4.79 Å². The van der Waals surface area contributed by atoms with E-state index in [9.17, 15) is 4.79 Å². The molecular weight excluding hydrogens is 214 g/mol. The first-order valence-corrected chi connectivity index (χ1v) is 5.00. The maximum Gasteiger partial charge on any atom is 0.241 e. The number of amides is 1. The number of rotatable bonds is 3. The molecule has 1 unspecified atom stereocenters. The second-order valence-electron chi connectivity index (χ2n) is 2.86. The summed E-state index contributed by atoms with van der Waals surface area (Å²) in [6.07, 6.45) is 0. The number of aromatic nitrogens is 1. The molecule has 1 rings (SSSR count). The van der Waals surface area contributed by atoms with Crippen molar-refractivity contribution in [3.8, 4) is 6.07 Å². The topological polar surface area (TPSA) is 104 Å². The van der Waals surface area contributed by atoms with Crippen LogP contribution in [0.1, 0.15) is 12.5 Å². The van der Waals surface area contributed by atoms with E-state index >= 15 is 0 Å². The van der Waals surface area contributed by atoms with Crippen LogP contribution in [0.3, 0.4) is 0 Å². The Morgan fingerprint density at radius 3 is 2.93 bits per heavy atom. The lowest BCUT2D eigenvalue weighted by Crippen LogP contribution is -2.35. The van der Waals surface area contributed by atoms with Crippen LogP contribution in [-0.4, -0.2) is 23.4 Å². The maximum absolute atomic E-state index is 11.2. The number of anilines is 2. The van der Waals surface area contributed by atoms with E-state index in [1.165, 1.54) is 0 Å². The van der Waals surface area contributed by atoms with Gasteiger partial charge in [0, 0.05) is 7.05 Å². The summed E-state index contributed by atoms with van der Waals surface area (Å²) >= 11 is 1.07. The minimum atomic E-state index is -0.429.